The molecule has 3 heteroatoms. The predicted molar refractivity (Wildman–Crippen MR) is 125 cm³/mol. The van der Waals surface area contributed by atoms with Gasteiger partial charge in [-0.05, 0) is 104 Å². The highest BCUT2D eigenvalue weighted by Gasteiger charge is 2.70. The summed E-state index contributed by atoms with van der Waals surface area (Å²) in [4.78, 5) is 0. The summed E-state index contributed by atoms with van der Waals surface area (Å²) in [6, 6.07) is 16.3. The second-order valence-corrected chi connectivity index (χ2v) is 12.3. The number of hydrogen-bond donors (Lipinski definition) is 0. The molecular weight excluding hydrogens is 379 g/mol. The molecule has 1 aliphatic heterocycles. The molecule has 7 rings (SSSR count). The highest BCUT2D eigenvalue weighted by molar-refractivity contribution is 6.62. The first-order valence-corrected chi connectivity index (χ1v) is 12.3. The lowest BCUT2D eigenvalue weighted by Gasteiger charge is -2.48. The molecule has 5 unspecified atom stereocenters. The van der Waals surface area contributed by atoms with Crippen molar-refractivity contribution in [2.75, 3.05) is 0 Å². The maximum Gasteiger partial charge on any atom is 0.494 e. The normalized spacial score (nSPS) is 40.0. The van der Waals surface area contributed by atoms with E-state index < -0.39 is 0 Å². The zero-order valence-corrected chi connectivity index (χ0v) is 19.5. The van der Waals surface area contributed by atoms with Gasteiger partial charge in [0.05, 0.1) is 11.2 Å². The van der Waals surface area contributed by atoms with E-state index in [1.807, 2.05) is 0 Å². The van der Waals surface area contributed by atoms with Gasteiger partial charge in [0.15, 0.2) is 0 Å². The minimum atomic E-state index is -0.311. The molecule has 2 aromatic carbocycles. The Bertz CT molecular complexity index is 1100. The van der Waals surface area contributed by atoms with Crippen molar-refractivity contribution >= 4 is 12.6 Å². The highest BCUT2D eigenvalue weighted by Crippen LogP contribution is 2.78. The fourth-order valence-electron chi connectivity index (χ4n) is 8.25. The van der Waals surface area contributed by atoms with Gasteiger partial charge in [-0.2, -0.15) is 0 Å². The van der Waals surface area contributed by atoms with Gasteiger partial charge in [0.25, 0.3) is 0 Å². The molecule has 2 spiro atoms. The maximum atomic E-state index is 6.45. The van der Waals surface area contributed by atoms with Crippen molar-refractivity contribution in [3.8, 4) is 11.1 Å². The molecule has 0 aromatic heterocycles. The van der Waals surface area contributed by atoms with E-state index in [-0.39, 0.29) is 23.7 Å². The zero-order valence-electron chi connectivity index (χ0n) is 19.5. The molecule has 1 saturated heterocycles. The van der Waals surface area contributed by atoms with Crippen LogP contribution in [0.1, 0.15) is 71.4 Å². The molecule has 31 heavy (non-hydrogen) atoms. The monoisotopic (exact) mass is 412 g/mol. The Balaban J connectivity index is 1.40. The Morgan fingerprint density at radius 2 is 1.48 bits per heavy atom. The number of fused-ring (bicyclic) bond motifs is 7. The summed E-state index contributed by atoms with van der Waals surface area (Å²) in [5.41, 5.74) is 7.45. The average Bonchev–Trinajstić information content (AvgIpc) is 3.02. The Hall–Kier alpha value is -1.58. The molecule has 4 aliphatic carbocycles. The van der Waals surface area contributed by atoms with E-state index in [0.29, 0.717) is 11.3 Å². The molecular formula is C28H33BO2. The van der Waals surface area contributed by atoms with Crippen LogP contribution in [-0.2, 0) is 14.7 Å². The second-order valence-electron chi connectivity index (χ2n) is 12.3. The van der Waals surface area contributed by atoms with Crippen molar-refractivity contribution in [1.29, 1.82) is 0 Å². The fourth-order valence-corrected chi connectivity index (χ4v) is 8.25. The Morgan fingerprint density at radius 1 is 0.806 bits per heavy atom. The zero-order chi connectivity index (χ0) is 21.4. The third-order valence-corrected chi connectivity index (χ3v) is 10.4. The van der Waals surface area contributed by atoms with Crippen molar-refractivity contribution in [3.05, 3.63) is 53.6 Å². The third kappa shape index (κ3) is 2.13. The smallest absolute Gasteiger partial charge is 0.399 e. The summed E-state index contributed by atoms with van der Waals surface area (Å²) < 4.78 is 12.9. The van der Waals surface area contributed by atoms with Crippen LogP contribution in [0.5, 0.6) is 0 Å². The maximum absolute atomic E-state index is 6.45. The molecule has 0 amide bonds. The Kier molecular flexibility index (Phi) is 3.35. The van der Waals surface area contributed by atoms with Gasteiger partial charge < -0.3 is 9.31 Å². The summed E-state index contributed by atoms with van der Waals surface area (Å²) in [5.74, 6) is 2.43. The van der Waals surface area contributed by atoms with Crippen LogP contribution in [0.3, 0.4) is 0 Å². The van der Waals surface area contributed by atoms with Gasteiger partial charge in [-0.25, -0.2) is 0 Å². The van der Waals surface area contributed by atoms with Crippen LogP contribution in [-0.4, -0.2) is 18.3 Å². The number of hydrogen-bond acceptors (Lipinski definition) is 2. The van der Waals surface area contributed by atoms with Crippen molar-refractivity contribution < 1.29 is 9.31 Å². The average molecular weight is 412 g/mol. The van der Waals surface area contributed by atoms with E-state index in [0.717, 1.165) is 11.8 Å². The Morgan fingerprint density at radius 3 is 2.26 bits per heavy atom. The van der Waals surface area contributed by atoms with Crippen molar-refractivity contribution in [1.82, 2.24) is 0 Å². The van der Waals surface area contributed by atoms with Crippen molar-refractivity contribution in [2.45, 2.75) is 76.9 Å². The quantitative estimate of drug-likeness (QED) is 0.559. The van der Waals surface area contributed by atoms with Crippen LogP contribution in [0.15, 0.2) is 42.5 Å². The summed E-state index contributed by atoms with van der Waals surface area (Å²) in [6.45, 7) is 11.1. The second kappa shape index (κ2) is 5.49. The largest absolute Gasteiger partial charge is 0.494 e. The van der Waals surface area contributed by atoms with Crippen LogP contribution < -0.4 is 5.46 Å². The van der Waals surface area contributed by atoms with Crippen LogP contribution in [0, 0.1) is 23.2 Å². The third-order valence-electron chi connectivity index (χ3n) is 10.4. The number of rotatable bonds is 1. The van der Waals surface area contributed by atoms with E-state index in [1.165, 1.54) is 42.3 Å². The van der Waals surface area contributed by atoms with Crippen molar-refractivity contribution in [2.24, 2.45) is 23.2 Å². The van der Waals surface area contributed by atoms with Gasteiger partial charge in [0.2, 0.25) is 0 Å². The molecule has 5 atom stereocenters. The number of benzene rings is 2. The van der Waals surface area contributed by atoms with E-state index in [2.05, 4.69) is 77.1 Å². The fraction of sp³-hybridized carbons (Fsp3) is 0.571. The molecule has 0 N–H and O–H groups in total. The highest BCUT2D eigenvalue weighted by atomic mass is 16.7. The lowest BCUT2D eigenvalue weighted by Crippen LogP contribution is -2.45. The topological polar surface area (TPSA) is 18.5 Å². The first-order chi connectivity index (χ1) is 14.7. The van der Waals surface area contributed by atoms with Gasteiger partial charge >= 0.3 is 7.12 Å². The summed E-state index contributed by atoms with van der Waals surface area (Å²) >= 11 is 0. The van der Waals surface area contributed by atoms with E-state index in [4.69, 9.17) is 9.31 Å². The molecule has 5 aliphatic rings. The van der Waals surface area contributed by atoms with Crippen LogP contribution in [0.25, 0.3) is 11.1 Å². The molecule has 0 radical (unpaired) electrons. The van der Waals surface area contributed by atoms with Crippen LogP contribution in [0.4, 0.5) is 0 Å². The van der Waals surface area contributed by atoms with Gasteiger partial charge in [-0.15, -0.1) is 0 Å². The van der Waals surface area contributed by atoms with Gasteiger partial charge in [-0.1, -0.05) is 49.4 Å². The summed E-state index contributed by atoms with van der Waals surface area (Å²) in [5, 5.41) is 0. The molecule has 1 heterocycles. The molecule has 2 nitrogen and oxygen atoms in total. The summed E-state index contributed by atoms with van der Waals surface area (Å²) in [7, 11) is -0.293. The molecule has 4 fully saturated rings. The lowest BCUT2D eigenvalue weighted by atomic mass is 9.54. The van der Waals surface area contributed by atoms with Gasteiger partial charge in [-0.3, -0.25) is 0 Å². The first-order valence-electron chi connectivity index (χ1n) is 12.3. The molecule has 3 saturated carbocycles. The minimum Gasteiger partial charge on any atom is -0.399 e. The Labute approximate surface area is 186 Å². The molecule has 2 aromatic rings. The van der Waals surface area contributed by atoms with Crippen LogP contribution >= 0.6 is 0 Å². The molecule has 160 valence electrons. The van der Waals surface area contributed by atoms with Crippen LogP contribution in [0.2, 0.25) is 0 Å². The molecule has 2 bridgehead atoms. The van der Waals surface area contributed by atoms with E-state index >= 15 is 0 Å². The van der Waals surface area contributed by atoms with Gasteiger partial charge in [0.1, 0.15) is 0 Å². The van der Waals surface area contributed by atoms with Gasteiger partial charge in [0, 0.05) is 5.41 Å². The summed E-state index contributed by atoms with van der Waals surface area (Å²) in [6.07, 6.45) is 5.73. The van der Waals surface area contributed by atoms with E-state index in [1.54, 1.807) is 11.1 Å². The predicted octanol–water partition coefficient (Wildman–Crippen LogP) is 5.71. The standard InChI is InChI=1S/C28H33BO2/c1-17-14-27-15-18(27)12-19(16-27)28(17)23-9-7-6-8-21(23)22-11-10-20(13-24(22)28)29-30-25(2,3)26(4,5)31-29/h6-11,13,17-19H,12,14-16H2,1-5H3. The minimum absolute atomic E-state index is 0.157. The van der Waals surface area contributed by atoms with E-state index in [9.17, 15) is 0 Å². The first kappa shape index (κ1) is 18.9. The lowest BCUT2D eigenvalue weighted by molar-refractivity contribution is 0.00578. The SMILES string of the molecule is CC1CC23CC2CC(C3)C12c1ccccc1-c1ccc(B3OC(C)(C)C(C)(C)O3)cc12. The van der Waals surface area contributed by atoms with Crippen molar-refractivity contribution in [3.63, 3.8) is 0 Å².